The highest BCUT2D eigenvalue weighted by molar-refractivity contribution is 7.18. The Morgan fingerprint density at radius 1 is 1.19 bits per heavy atom. The van der Waals surface area contributed by atoms with Gasteiger partial charge < -0.3 is 10.0 Å². The van der Waals surface area contributed by atoms with Crippen LogP contribution in [0.2, 0.25) is 0 Å². The van der Waals surface area contributed by atoms with Crippen molar-refractivity contribution in [3.8, 4) is 11.4 Å². The van der Waals surface area contributed by atoms with Gasteiger partial charge in [0, 0.05) is 36.4 Å². The molecule has 0 fully saturated rings. The smallest absolute Gasteiger partial charge is 0.164 e. The van der Waals surface area contributed by atoms with Crippen LogP contribution < -0.4 is 4.90 Å². The van der Waals surface area contributed by atoms with Gasteiger partial charge in [0.15, 0.2) is 5.82 Å². The van der Waals surface area contributed by atoms with Gasteiger partial charge in [0.25, 0.3) is 0 Å². The lowest BCUT2D eigenvalue weighted by molar-refractivity contribution is 0.0403. The number of likely N-dealkylation sites (N-methyl/N-ethyl adjacent to an activating group) is 1. The fourth-order valence-electron chi connectivity index (χ4n) is 3.12. The Kier molecular flexibility index (Phi) is 5.25. The SMILES string of the molecule is CCC(O)(CC)CN(C)c1nc(-c2cccnc2)nc2sc(C)c(C)c12. The van der Waals surface area contributed by atoms with Gasteiger partial charge in [0.05, 0.1) is 11.0 Å². The number of thiophene rings is 1. The highest BCUT2D eigenvalue weighted by Crippen LogP contribution is 2.36. The number of aliphatic hydroxyl groups is 1. The number of hydrogen-bond donors (Lipinski definition) is 1. The lowest BCUT2D eigenvalue weighted by Gasteiger charge is -2.31. The van der Waals surface area contributed by atoms with Crippen molar-refractivity contribution < 1.29 is 5.11 Å². The topological polar surface area (TPSA) is 62.1 Å². The molecular formula is C20H26N4OS. The Labute approximate surface area is 158 Å². The molecule has 0 spiro atoms. The van der Waals surface area contributed by atoms with E-state index in [9.17, 15) is 5.11 Å². The molecule has 0 aliphatic rings. The second-order valence-corrected chi connectivity index (χ2v) is 8.07. The van der Waals surface area contributed by atoms with Crippen molar-refractivity contribution in [3.63, 3.8) is 0 Å². The molecule has 0 saturated carbocycles. The number of hydrogen-bond acceptors (Lipinski definition) is 6. The Morgan fingerprint density at radius 2 is 1.92 bits per heavy atom. The van der Waals surface area contributed by atoms with Crippen LogP contribution >= 0.6 is 11.3 Å². The first-order valence-electron chi connectivity index (χ1n) is 9.00. The molecule has 0 saturated heterocycles. The largest absolute Gasteiger partial charge is 0.388 e. The molecule has 26 heavy (non-hydrogen) atoms. The molecule has 0 aliphatic carbocycles. The zero-order valence-electron chi connectivity index (χ0n) is 16.1. The van der Waals surface area contributed by atoms with E-state index in [2.05, 4.69) is 23.7 Å². The summed E-state index contributed by atoms with van der Waals surface area (Å²) in [5, 5.41) is 11.9. The van der Waals surface area contributed by atoms with Crippen LogP contribution in [0.4, 0.5) is 5.82 Å². The van der Waals surface area contributed by atoms with Crippen molar-refractivity contribution in [1.82, 2.24) is 15.0 Å². The summed E-state index contributed by atoms with van der Waals surface area (Å²) in [6.07, 6.45) is 4.95. The first kappa shape index (κ1) is 18.7. The summed E-state index contributed by atoms with van der Waals surface area (Å²) >= 11 is 1.69. The van der Waals surface area contributed by atoms with Gasteiger partial charge in [-0.1, -0.05) is 13.8 Å². The van der Waals surface area contributed by atoms with Crippen LogP contribution in [0.1, 0.15) is 37.1 Å². The number of nitrogens with zero attached hydrogens (tertiary/aromatic N) is 4. The maximum atomic E-state index is 10.8. The molecule has 0 atom stereocenters. The zero-order chi connectivity index (χ0) is 18.9. The third kappa shape index (κ3) is 3.44. The molecule has 0 amide bonds. The molecule has 3 aromatic heterocycles. The predicted octanol–water partition coefficient (Wildman–Crippen LogP) is 4.36. The summed E-state index contributed by atoms with van der Waals surface area (Å²) < 4.78 is 0. The van der Waals surface area contributed by atoms with E-state index in [1.54, 1.807) is 23.7 Å². The van der Waals surface area contributed by atoms with E-state index >= 15 is 0 Å². The number of anilines is 1. The van der Waals surface area contributed by atoms with E-state index in [-0.39, 0.29) is 0 Å². The Hall–Kier alpha value is -2.05. The molecule has 3 aromatic rings. The van der Waals surface area contributed by atoms with E-state index in [1.165, 1.54) is 10.4 Å². The number of aryl methyl sites for hydroxylation is 2. The van der Waals surface area contributed by atoms with Crippen molar-refractivity contribution in [2.75, 3.05) is 18.5 Å². The third-order valence-electron chi connectivity index (χ3n) is 5.14. The molecule has 1 N–H and O–H groups in total. The standard InChI is InChI=1S/C20H26N4OS/c1-6-20(25,7-2)12-24(5)18-16-13(3)14(4)26-19(16)23-17(22-18)15-9-8-10-21-11-15/h8-11,25H,6-7,12H2,1-5H3. The van der Waals surface area contributed by atoms with Crippen molar-refractivity contribution in [2.45, 2.75) is 46.1 Å². The van der Waals surface area contributed by atoms with Crippen LogP contribution in [0.15, 0.2) is 24.5 Å². The Morgan fingerprint density at radius 3 is 2.54 bits per heavy atom. The predicted molar refractivity (Wildman–Crippen MR) is 109 cm³/mol. The molecule has 0 unspecified atom stereocenters. The van der Waals surface area contributed by atoms with E-state index in [0.717, 1.165) is 21.6 Å². The number of rotatable bonds is 6. The lowest BCUT2D eigenvalue weighted by atomic mass is 9.97. The molecule has 0 radical (unpaired) electrons. The van der Waals surface area contributed by atoms with E-state index in [1.807, 2.05) is 33.0 Å². The normalized spacial score (nSPS) is 11.9. The molecule has 0 aromatic carbocycles. The fourth-order valence-corrected chi connectivity index (χ4v) is 4.14. The zero-order valence-corrected chi connectivity index (χ0v) is 16.9. The van der Waals surface area contributed by atoms with Gasteiger partial charge in [-0.3, -0.25) is 4.98 Å². The highest BCUT2D eigenvalue weighted by Gasteiger charge is 2.27. The maximum absolute atomic E-state index is 10.8. The summed E-state index contributed by atoms with van der Waals surface area (Å²) in [6.45, 7) is 8.81. The highest BCUT2D eigenvalue weighted by atomic mass is 32.1. The molecule has 5 nitrogen and oxygen atoms in total. The molecule has 6 heteroatoms. The van der Waals surface area contributed by atoms with E-state index in [0.29, 0.717) is 25.2 Å². The second kappa shape index (κ2) is 7.29. The number of fused-ring (bicyclic) bond motifs is 1. The van der Waals surface area contributed by atoms with Crippen LogP contribution in [0.5, 0.6) is 0 Å². The van der Waals surface area contributed by atoms with Gasteiger partial charge in [0.2, 0.25) is 0 Å². The van der Waals surface area contributed by atoms with Crippen LogP contribution in [0.25, 0.3) is 21.6 Å². The summed E-state index contributed by atoms with van der Waals surface area (Å²) in [5.74, 6) is 1.54. The van der Waals surface area contributed by atoms with Crippen molar-refractivity contribution in [3.05, 3.63) is 35.0 Å². The van der Waals surface area contributed by atoms with Crippen molar-refractivity contribution in [1.29, 1.82) is 0 Å². The fraction of sp³-hybridized carbons (Fsp3) is 0.450. The number of pyridine rings is 1. The third-order valence-corrected chi connectivity index (χ3v) is 6.24. The maximum Gasteiger partial charge on any atom is 0.164 e. The van der Waals surface area contributed by atoms with Crippen LogP contribution in [0.3, 0.4) is 0 Å². The van der Waals surface area contributed by atoms with Crippen LogP contribution in [-0.2, 0) is 0 Å². The minimum absolute atomic E-state index is 0.535. The quantitative estimate of drug-likeness (QED) is 0.698. The van der Waals surface area contributed by atoms with Crippen molar-refractivity contribution in [2.24, 2.45) is 0 Å². The van der Waals surface area contributed by atoms with E-state index < -0.39 is 5.60 Å². The first-order chi connectivity index (χ1) is 12.4. The summed E-state index contributed by atoms with van der Waals surface area (Å²) in [4.78, 5) is 18.1. The average Bonchev–Trinajstić information content (AvgIpc) is 2.95. The van der Waals surface area contributed by atoms with Crippen LogP contribution in [0, 0.1) is 13.8 Å². The van der Waals surface area contributed by atoms with Crippen LogP contribution in [-0.4, -0.2) is 39.3 Å². The molecule has 3 heterocycles. The van der Waals surface area contributed by atoms with Gasteiger partial charge in [-0.05, 0) is 44.4 Å². The minimum atomic E-state index is -0.723. The second-order valence-electron chi connectivity index (χ2n) is 6.86. The van der Waals surface area contributed by atoms with Gasteiger partial charge in [-0.2, -0.15) is 0 Å². The van der Waals surface area contributed by atoms with Gasteiger partial charge in [-0.15, -0.1) is 11.3 Å². The summed E-state index contributed by atoms with van der Waals surface area (Å²) in [5.41, 5.74) is 1.38. The average molecular weight is 371 g/mol. The Bertz CT molecular complexity index is 903. The van der Waals surface area contributed by atoms with E-state index in [4.69, 9.17) is 9.97 Å². The van der Waals surface area contributed by atoms with Crippen molar-refractivity contribution >= 4 is 27.4 Å². The van der Waals surface area contributed by atoms with Gasteiger partial charge in [-0.25, -0.2) is 9.97 Å². The monoisotopic (exact) mass is 370 g/mol. The minimum Gasteiger partial charge on any atom is -0.388 e. The Balaban J connectivity index is 2.15. The molecule has 3 rings (SSSR count). The molecule has 138 valence electrons. The number of aromatic nitrogens is 3. The summed E-state index contributed by atoms with van der Waals surface area (Å²) in [7, 11) is 2.00. The van der Waals surface area contributed by atoms with Gasteiger partial charge >= 0.3 is 0 Å². The first-order valence-corrected chi connectivity index (χ1v) is 9.82. The lowest BCUT2D eigenvalue weighted by Crippen LogP contribution is -2.41. The molecule has 0 bridgehead atoms. The summed E-state index contributed by atoms with van der Waals surface area (Å²) in [6, 6.07) is 3.86. The molecular weight excluding hydrogens is 344 g/mol. The van der Waals surface area contributed by atoms with Gasteiger partial charge in [0.1, 0.15) is 10.6 Å². The molecule has 0 aliphatic heterocycles.